The Morgan fingerprint density at radius 3 is 2.35 bits per heavy atom. The highest BCUT2D eigenvalue weighted by atomic mass is 32.2. The molecule has 2 aliphatic rings. The monoisotopic (exact) mass is 431 g/mol. The van der Waals surface area contributed by atoms with Crippen LogP contribution in [0.2, 0.25) is 0 Å². The van der Waals surface area contributed by atoms with Crippen LogP contribution in [0.4, 0.5) is 10.5 Å². The maximum atomic E-state index is 13.1. The number of likely N-dealkylation sites (tertiary alicyclic amines) is 1. The number of benzene rings is 3. The fourth-order valence-electron chi connectivity index (χ4n) is 4.63. The number of anilines is 1. The molecule has 0 saturated carbocycles. The van der Waals surface area contributed by atoms with Gasteiger partial charge < -0.3 is 15.1 Å². The van der Waals surface area contributed by atoms with Gasteiger partial charge in [0, 0.05) is 36.3 Å². The third kappa shape index (κ3) is 3.76. The van der Waals surface area contributed by atoms with Crippen molar-refractivity contribution < 1.29 is 9.59 Å². The van der Waals surface area contributed by atoms with E-state index in [9.17, 15) is 9.59 Å². The lowest BCUT2D eigenvalue weighted by atomic mass is 10.0. The topological polar surface area (TPSA) is 52.7 Å². The molecule has 31 heavy (non-hydrogen) atoms. The van der Waals surface area contributed by atoms with Gasteiger partial charge in [-0.15, -0.1) is 11.8 Å². The molecule has 1 N–H and O–H groups in total. The van der Waals surface area contributed by atoms with Gasteiger partial charge >= 0.3 is 6.03 Å². The molecule has 6 heteroatoms. The molecule has 2 aliphatic heterocycles. The highest BCUT2D eigenvalue weighted by molar-refractivity contribution is 8.00. The van der Waals surface area contributed by atoms with Crippen molar-refractivity contribution in [3.05, 3.63) is 78.4 Å². The lowest BCUT2D eigenvalue weighted by molar-refractivity contribution is 0.0585. The van der Waals surface area contributed by atoms with Crippen LogP contribution in [0.1, 0.15) is 23.2 Å². The predicted octanol–water partition coefficient (Wildman–Crippen LogP) is 5.05. The highest BCUT2D eigenvalue weighted by Crippen LogP contribution is 2.44. The Labute approximate surface area is 186 Å². The molecule has 5 rings (SSSR count). The number of hydrogen-bond acceptors (Lipinski definition) is 3. The summed E-state index contributed by atoms with van der Waals surface area (Å²) < 4.78 is 0. The summed E-state index contributed by atoms with van der Waals surface area (Å²) in [6.45, 7) is 2.05. The first-order valence-electron chi connectivity index (χ1n) is 10.7. The lowest BCUT2D eigenvalue weighted by Gasteiger charge is -2.44. The van der Waals surface area contributed by atoms with Gasteiger partial charge in [0.2, 0.25) is 0 Å². The van der Waals surface area contributed by atoms with E-state index in [1.54, 1.807) is 0 Å². The fraction of sp³-hybridized carbons (Fsp3) is 0.280. The van der Waals surface area contributed by atoms with E-state index in [1.807, 2.05) is 94.4 Å². The third-order valence-electron chi connectivity index (χ3n) is 6.31. The number of carbonyl (C=O) groups excluding carboxylic acids is 2. The van der Waals surface area contributed by atoms with Gasteiger partial charge in [-0.25, -0.2) is 4.79 Å². The summed E-state index contributed by atoms with van der Waals surface area (Å²) in [5.41, 5.74) is 1.57. The molecule has 0 radical (unpaired) electrons. The summed E-state index contributed by atoms with van der Waals surface area (Å²) >= 11 is 1.86. The van der Waals surface area contributed by atoms with Gasteiger partial charge in [-0.1, -0.05) is 54.6 Å². The number of urea groups is 1. The van der Waals surface area contributed by atoms with E-state index in [1.165, 1.54) is 0 Å². The van der Waals surface area contributed by atoms with Crippen LogP contribution in [0.15, 0.2) is 72.8 Å². The highest BCUT2D eigenvalue weighted by Gasteiger charge is 2.47. The third-order valence-corrected chi connectivity index (χ3v) is 7.86. The molecular weight excluding hydrogens is 406 g/mol. The smallest absolute Gasteiger partial charge is 0.321 e. The Bertz CT molecular complexity index is 1100. The van der Waals surface area contributed by atoms with Gasteiger partial charge in [-0.05, 0) is 36.4 Å². The zero-order valence-corrected chi connectivity index (χ0v) is 18.1. The van der Waals surface area contributed by atoms with Gasteiger partial charge in [0.15, 0.2) is 0 Å². The van der Waals surface area contributed by atoms with Crippen LogP contribution in [0, 0.1) is 0 Å². The molecule has 0 atom stereocenters. The summed E-state index contributed by atoms with van der Waals surface area (Å²) in [7, 11) is 0. The molecule has 158 valence electrons. The zero-order valence-electron chi connectivity index (χ0n) is 17.3. The van der Waals surface area contributed by atoms with Crippen LogP contribution in [0.5, 0.6) is 0 Å². The van der Waals surface area contributed by atoms with E-state index in [0.717, 1.165) is 47.2 Å². The standard InChI is InChI=1S/C25H25N3O2S/c29-23(20-8-2-1-3-9-20)28-17-18-31-25(28)13-15-27(16-14-25)24(30)26-22-12-6-10-19-7-4-5-11-21(19)22/h1-12H,13-18H2,(H,26,30). The maximum Gasteiger partial charge on any atom is 0.321 e. The van der Waals surface area contributed by atoms with E-state index in [4.69, 9.17) is 0 Å². The Balaban J connectivity index is 1.27. The number of hydrogen-bond donors (Lipinski definition) is 1. The van der Waals surface area contributed by atoms with Gasteiger partial charge in [0.05, 0.1) is 10.6 Å². The van der Waals surface area contributed by atoms with Crippen molar-refractivity contribution in [1.29, 1.82) is 0 Å². The SMILES string of the molecule is O=C(Nc1cccc2ccccc12)N1CCC2(CC1)SCCN2C(=O)c1ccccc1. The second kappa shape index (κ2) is 8.27. The molecule has 2 fully saturated rings. The molecule has 0 aromatic heterocycles. The molecule has 1 spiro atoms. The number of nitrogens with zero attached hydrogens (tertiary/aromatic N) is 2. The average molecular weight is 432 g/mol. The molecule has 3 aromatic rings. The first-order valence-corrected chi connectivity index (χ1v) is 11.7. The number of thioether (sulfide) groups is 1. The van der Waals surface area contributed by atoms with E-state index < -0.39 is 0 Å². The van der Waals surface area contributed by atoms with Crippen molar-refractivity contribution in [2.45, 2.75) is 17.7 Å². The van der Waals surface area contributed by atoms with Crippen molar-refractivity contribution in [2.24, 2.45) is 0 Å². The van der Waals surface area contributed by atoms with Crippen LogP contribution in [0.25, 0.3) is 10.8 Å². The van der Waals surface area contributed by atoms with Gasteiger partial charge in [0.1, 0.15) is 0 Å². The van der Waals surface area contributed by atoms with Gasteiger partial charge in [0.25, 0.3) is 5.91 Å². The first kappa shape index (κ1) is 19.9. The Hall–Kier alpha value is -2.99. The second-order valence-electron chi connectivity index (χ2n) is 8.06. The van der Waals surface area contributed by atoms with Crippen LogP contribution in [-0.2, 0) is 0 Å². The lowest BCUT2D eigenvalue weighted by Crippen LogP contribution is -2.54. The molecule has 2 saturated heterocycles. The molecule has 3 aromatic carbocycles. The van der Waals surface area contributed by atoms with Crippen LogP contribution in [0.3, 0.4) is 0 Å². The number of rotatable bonds is 2. The van der Waals surface area contributed by atoms with Crippen molar-refractivity contribution in [3.8, 4) is 0 Å². The van der Waals surface area contributed by atoms with Gasteiger partial charge in [-0.3, -0.25) is 4.79 Å². The molecule has 0 aliphatic carbocycles. The van der Waals surface area contributed by atoms with E-state index >= 15 is 0 Å². The summed E-state index contributed by atoms with van der Waals surface area (Å²) in [4.78, 5) is 29.8. The van der Waals surface area contributed by atoms with Crippen LogP contribution in [-0.4, -0.2) is 52.0 Å². The molecule has 0 bridgehead atoms. The van der Waals surface area contributed by atoms with Crippen molar-refractivity contribution in [1.82, 2.24) is 9.80 Å². The summed E-state index contributed by atoms with van der Waals surface area (Å²) in [6, 6.07) is 23.4. The van der Waals surface area contributed by atoms with Crippen LogP contribution >= 0.6 is 11.8 Å². The molecule has 3 amide bonds. The second-order valence-corrected chi connectivity index (χ2v) is 9.52. The van der Waals surface area contributed by atoms with Crippen LogP contribution < -0.4 is 5.32 Å². The minimum Gasteiger partial charge on any atom is -0.324 e. The molecule has 5 nitrogen and oxygen atoms in total. The number of amides is 3. The summed E-state index contributed by atoms with van der Waals surface area (Å²) in [5, 5.41) is 5.24. The van der Waals surface area contributed by atoms with Crippen molar-refractivity contribution in [3.63, 3.8) is 0 Å². The zero-order chi connectivity index (χ0) is 21.3. The molecule has 0 unspecified atom stereocenters. The fourth-order valence-corrected chi connectivity index (χ4v) is 6.09. The van der Waals surface area contributed by atoms with E-state index in [2.05, 4.69) is 5.32 Å². The predicted molar refractivity (Wildman–Crippen MR) is 126 cm³/mol. The van der Waals surface area contributed by atoms with Crippen molar-refractivity contribution in [2.75, 3.05) is 30.7 Å². The van der Waals surface area contributed by atoms with E-state index in [-0.39, 0.29) is 16.8 Å². The Morgan fingerprint density at radius 2 is 1.55 bits per heavy atom. The Morgan fingerprint density at radius 1 is 0.839 bits per heavy atom. The summed E-state index contributed by atoms with van der Waals surface area (Å²) in [6.07, 6.45) is 1.58. The van der Waals surface area contributed by atoms with Gasteiger partial charge in [-0.2, -0.15) is 0 Å². The number of fused-ring (bicyclic) bond motifs is 1. The normalized spacial score (nSPS) is 17.8. The minimum atomic E-state index is -0.205. The van der Waals surface area contributed by atoms with E-state index in [0.29, 0.717) is 13.1 Å². The molecule has 2 heterocycles. The number of piperidine rings is 1. The maximum absolute atomic E-state index is 13.1. The Kier molecular flexibility index (Phi) is 5.32. The largest absolute Gasteiger partial charge is 0.324 e. The molecular formula is C25H25N3O2S. The minimum absolute atomic E-state index is 0.0739. The number of nitrogens with one attached hydrogen (secondary N) is 1. The number of carbonyl (C=O) groups is 2. The summed E-state index contributed by atoms with van der Waals surface area (Å²) in [5.74, 6) is 1.04. The first-order chi connectivity index (χ1) is 15.2. The average Bonchev–Trinajstić information content (AvgIpc) is 3.22. The quantitative estimate of drug-likeness (QED) is 0.618. The van der Waals surface area contributed by atoms with Crippen molar-refractivity contribution >= 4 is 40.2 Å².